The van der Waals surface area contributed by atoms with E-state index in [1.54, 1.807) is 48.5 Å². The lowest BCUT2D eigenvalue weighted by molar-refractivity contribution is -0.132. The lowest BCUT2D eigenvalue weighted by atomic mass is 9.87. The van der Waals surface area contributed by atoms with Gasteiger partial charge in [-0.25, -0.2) is 0 Å². The van der Waals surface area contributed by atoms with Gasteiger partial charge in [0, 0.05) is 78.5 Å². The minimum atomic E-state index is -0.726. The molecule has 0 spiro atoms. The van der Waals surface area contributed by atoms with Crippen molar-refractivity contribution in [3.63, 3.8) is 0 Å². The molecular formula is C34H18O8. The summed E-state index contributed by atoms with van der Waals surface area (Å²) < 4.78 is 11.4. The topological polar surface area (TPSA) is 121 Å². The van der Waals surface area contributed by atoms with Gasteiger partial charge in [0.1, 0.15) is 11.5 Å². The van der Waals surface area contributed by atoms with Gasteiger partial charge < -0.3 is 9.47 Å². The molecule has 202 valence electrons. The molecule has 0 unspecified atom stereocenters. The highest BCUT2D eigenvalue weighted by Gasteiger charge is 2.29. The van der Waals surface area contributed by atoms with Crippen molar-refractivity contribution in [2.75, 3.05) is 0 Å². The normalized spacial score (nSPS) is 11.7. The molecule has 0 aromatic heterocycles. The van der Waals surface area contributed by atoms with E-state index in [1.807, 2.05) is 0 Å². The van der Waals surface area contributed by atoms with Gasteiger partial charge in [-0.1, -0.05) is 72.8 Å². The van der Waals surface area contributed by atoms with Gasteiger partial charge in [0.2, 0.25) is 0 Å². The molecule has 7 aromatic rings. The SMILES string of the molecule is CC(=O)Oc1c2ccccc2c(=O)c2c1c1c(OC(C)=O)c3ccccc3c(=O)c1c1c(=O)c3ccccc3c(=O)c21. The second-order valence-corrected chi connectivity index (χ2v) is 10.0. The van der Waals surface area contributed by atoms with Crippen molar-refractivity contribution in [2.24, 2.45) is 0 Å². The zero-order valence-corrected chi connectivity index (χ0v) is 22.2. The first-order valence-electron chi connectivity index (χ1n) is 13.0. The highest BCUT2D eigenvalue weighted by Crippen LogP contribution is 2.45. The molecule has 7 aromatic carbocycles. The third kappa shape index (κ3) is 3.29. The zero-order chi connectivity index (χ0) is 29.4. The molecular weight excluding hydrogens is 536 g/mol. The Morgan fingerprint density at radius 1 is 0.405 bits per heavy atom. The second kappa shape index (κ2) is 8.87. The van der Waals surface area contributed by atoms with Crippen LogP contribution in [0.5, 0.6) is 11.5 Å². The Labute approximate surface area is 234 Å². The summed E-state index contributed by atoms with van der Waals surface area (Å²) in [6, 6.07) is 18.9. The van der Waals surface area contributed by atoms with Crippen LogP contribution < -0.4 is 31.2 Å². The molecule has 0 saturated carbocycles. The summed E-state index contributed by atoms with van der Waals surface area (Å²) in [5.74, 6) is -1.64. The fourth-order valence-electron chi connectivity index (χ4n) is 6.06. The fourth-order valence-corrected chi connectivity index (χ4v) is 6.06. The molecule has 0 N–H and O–H groups in total. The quantitative estimate of drug-likeness (QED) is 0.130. The summed E-state index contributed by atoms with van der Waals surface area (Å²) in [6.07, 6.45) is 0. The van der Waals surface area contributed by atoms with E-state index in [2.05, 4.69) is 0 Å². The largest absolute Gasteiger partial charge is 0.425 e. The van der Waals surface area contributed by atoms with E-state index in [0.29, 0.717) is 0 Å². The molecule has 0 aliphatic carbocycles. The maximum atomic E-state index is 14.3. The Hall–Kier alpha value is -5.76. The number of fused-ring (bicyclic) bond motifs is 9. The van der Waals surface area contributed by atoms with E-state index in [9.17, 15) is 28.8 Å². The van der Waals surface area contributed by atoms with Crippen LogP contribution in [0.1, 0.15) is 13.8 Å². The predicted molar refractivity (Wildman–Crippen MR) is 162 cm³/mol. The van der Waals surface area contributed by atoms with E-state index in [1.165, 1.54) is 38.1 Å². The molecule has 8 heteroatoms. The highest BCUT2D eigenvalue weighted by molar-refractivity contribution is 6.34. The van der Waals surface area contributed by atoms with Crippen molar-refractivity contribution in [1.29, 1.82) is 0 Å². The summed E-state index contributed by atoms with van der Waals surface area (Å²) in [7, 11) is 0. The minimum Gasteiger partial charge on any atom is -0.425 e. The summed E-state index contributed by atoms with van der Waals surface area (Å²) in [5.41, 5.74) is -2.47. The van der Waals surface area contributed by atoms with Crippen molar-refractivity contribution >= 4 is 76.6 Å². The van der Waals surface area contributed by atoms with E-state index in [4.69, 9.17) is 9.47 Å². The zero-order valence-electron chi connectivity index (χ0n) is 22.2. The molecule has 7 rings (SSSR count). The van der Waals surface area contributed by atoms with E-state index in [-0.39, 0.29) is 76.1 Å². The molecule has 0 heterocycles. The van der Waals surface area contributed by atoms with Crippen LogP contribution in [0.25, 0.3) is 64.6 Å². The van der Waals surface area contributed by atoms with Gasteiger partial charge in [-0.15, -0.1) is 0 Å². The third-order valence-electron chi connectivity index (χ3n) is 7.60. The lowest BCUT2D eigenvalue weighted by Gasteiger charge is -2.18. The third-order valence-corrected chi connectivity index (χ3v) is 7.60. The van der Waals surface area contributed by atoms with Crippen LogP contribution in [-0.4, -0.2) is 11.9 Å². The van der Waals surface area contributed by atoms with Crippen molar-refractivity contribution < 1.29 is 19.1 Å². The van der Waals surface area contributed by atoms with Gasteiger partial charge in [0.25, 0.3) is 0 Å². The van der Waals surface area contributed by atoms with Gasteiger partial charge in [0.05, 0.1) is 0 Å². The Morgan fingerprint density at radius 2 is 0.643 bits per heavy atom. The number of carbonyl (C=O) groups excluding carboxylic acids is 2. The maximum Gasteiger partial charge on any atom is 0.308 e. The van der Waals surface area contributed by atoms with Gasteiger partial charge in [-0.2, -0.15) is 0 Å². The first kappa shape index (κ1) is 25.2. The van der Waals surface area contributed by atoms with Crippen molar-refractivity contribution in [3.8, 4) is 11.5 Å². The van der Waals surface area contributed by atoms with Crippen molar-refractivity contribution in [1.82, 2.24) is 0 Å². The van der Waals surface area contributed by atoms with Crippen LogP contribution in [0.4, 0.5) is 0 Å². The average molecular weight is 555 g/mol. The smallest absolute Gasteiger partial charge is 0.308 e. The number of esters is 2. The fraction of sp³-hybridized carbons (Fsp3) is 0.0588. The maximum absolute atomic E-state index is 14.3. The summed E-state index contributed by atoms with van der Waals surface area (Å²) >= 11 is 0. The number of hydrogen-bond donors (Lipinski definition) is 0. The molecule has 0 atom stereocenters. The average Bonchev–Trinajstić information content (AvgIpc) is 2.98. The summed E-state index contributed by atoms with van der Waals surface area (Å²) in [6.45, 7) is 2.36. The molecule has 0 bridgehead atoms. The van der Waals surface area contributed by atoms with Crippen LogP contribution in [0.15, 0.2) is 92.0 Å². The van der Waals surface area contributed by atoms with Gasteiger partial charge in [-0.3, -0.25) is 28.8 Å². The van der Waals surface area contributed by atoms with Crippen molar-refractivity contribution in [2.45, 2.75) is 13.8 Å². The summed E-state index contributed by atoms with van der Waals surface area (Å²) in [5, 5.41) is -0.143. The molecule has 0 radical (unpaired) electrons. The number of benzene rings is 7. The predicted octanol–water partition coefficient (Wildman–Crippen LogP) is 4.77. The van der Waals surface area contributed by atoms with Crippen LogP contribution in [0.3, 0.4) is 0 Å². The first-order chi connectivity index (χ1) is 20.2. The molecule has 0 amide bonds. The Balaban J connectivity index is 2.03. The van der Waals surface area contributed by atoms with Crippen LogP contribution in [0, 0.1) is 0 Å². The van der Waals surface area contributed by atoms with Crippen LogP contribution in [0.2, 0.25) is 0 Å². The molecule has 0 saturated heterocycles. The first-order valence-corrected chi connectivity index (χ1v) is 13.0. The summed E-state index contributed by atoms with van der Waals surface area (Å²) in [4.78, 5) is 81.9. The molecule has 0 aliphatic rings. The minimum absolute atomic E-state index is 0.0673. The second-order valence-electron chi connectivity index (χ2n) is 10.0. The molecule has 0 aliphatic heterocycles. The Bertz CT molecular complexity index is 2430. The molecule has 42 heavy (non-hydrogen) atoms. The molecule has 8 nitrogen and oxygen atoms in total. The number of hydrogen-bond acceptors (Lipinski definition) is 8. The van der Waals surface area contributed by atoms with Crippen LogP contribution >= 0.6 is 0 Å². The Kier molecular flexibility index (Phi) is 5.33. The van der Waals surface area contributed by atoms with Gasteiger partial charge in [-0.05, 0) is 0 Å². The van der Waals surface area contributed by atoms with Gasteiger partial charge in [0.15, 0.2) is 21.7 Å². The van der Waals surface area contributed by atoms with E-state index < -0.39 is 33.7 Å². The van der Waals surface area contributed by atoms with Crippen LogP contribution in [-0.2, 0) is 9.59 Å². The highest BCUT2D eigenvalue weighted by atomic mass is 16.5. The number of rotatable bonds is 2. The number of ether oxygens (including phenoxy) is 2. The van der Waals surface area contributed by atoms with E-state index >= 15 is 0 Å². The monoisotopic (exact) mass is 554 g/mol. The van der Waals surface area contributed by atoms with Gasteiger partial charge >= 0.3 is 11.9 Å². The standard InChI is InChI=1S/C34H18O8/c1-15(35)41-33-21-13-7-5-11-19(21)31(39)25-23-24(30(38)18-10-4-3-9-17(18)29(23)37)26-28(27(25)33)34(42-16(2)36)22-14-8-6-12-20(22)32(26)40/h3-14H,1-2H3. The van der Waals surface area contributed by atoms with E-state index in [0.717, 1.165) is 0 Å². The van der Waals surface area contributed by atoms with Crippen molar-refractivity contribution in [3.05, 3.63) is 114 Å². The number of carbonyl (C=O) groups is 2. The molecule has 0 fully saturated rings. The lowest BCUT2D eigenvalue weighted by Crippen LogP contribution is -2.20. The Morgan fingerprint density at radius 3 is 0.929 bits per heavy atom.